The first-order chi connectivity index (χ1) is 14.0. The van der Waals surface area contributed by atoms with E-state index in [9.17, 15) is 14.9 Å². The number of nitrogens with zero attached hydrogens (tertiary/aromatic N) is 5. The van der Waals surface area contributed by atoms with Gasteiger partial charge in [-0.1, -0.05) is 42.5 Å². The number of nitrogens with one attached hydrogen (secondary N) is 1. The van der Waals surface area contributed by atoms with Gasteiger partial charge < -0.3 is 5.32 Å². The van der Waals surface area contributed by atoms with Gasteiger partial charge in [-0.15, -0.1) is 0 Å². The Hall–Kier alpha value is -4.01. The minimum atomic E-state index is -0.716. The molecule has 146 valence electrons. The number of benzene rings is 2. The van der Waals surface area contributed by atoms with Crippen molar-refractivity contribution in [1.29, 1.82) is 0 Å². The summed E-state index contributed by atoms with van der Waals surface area (Å²) in [7, 11) is 0. The van der Waals surface area contributed by atoms with Crippen molar-refractivity contribution in [3.05, 3.63) is 82.8 Å². The molecule has 0 spiro atoms. The lowest BCUT2D eigenvalue weighted by atomic mass is 10.0. The van der Waals surface area contributed by atoms with Crippen LogP contribution in [-0.4, -0.2) is 30.4 Å². The Bertz CT molecular complexity index is 1190. The first kappa shape index (κ1) is 18.4. The van der Waals surface area contributed by atoms with Gasteiger partial charge in [0.2, 0.25) is 5.91 Å². The van der Waals surface area contributed by atoms with Gasteiger partial charge in [-0.05, 0) is 23.3 Å². The predicted molar refractivity (Wildman–Crippen MR) is 107 cm³/mol. The number of aromatic nitrogens is 4. The number of carbonyl (C=O) groups is 1. The molecule has 2 heterocycles. The van der Waals surface area contributed by atoms with Crippen LogP contribution in [0.25, 0.3) is 10.8 Å². The van der Waals surface area contributed by atoms with Gasteiger partial charge in [0.15, 0.2) is 5.82 Å². The van der Waals surface area contributed by atoms with Gasteiger partial charge >= 0.3 is 5.69 Å². The molecule has 9 nitrogen and oxygen atoms in total. The predicted octanol–water partition coefficient (Wildman–Crippen LogP) is 3.39. The zero-order valence-electron chi connectivity index (χ0n) is 15.6. The number of anilines is 1. The monoisotopic (exact) mass is 390 g/mol. The zero-order chi connectivity index (χ0) is 20.4. The van der Waals surface area contributed by atoms with E-state index in [1.54, 1.807) is 23.9 Å². The standard InChI is InChI=1S/C20H18N6O3/c1-14(25-13-17(11-21-25)26(28)29)20(27)22-19-9-10-24(23-19)12-16-7-4-6-15-5-2-3-8-18(15)16/h2-11,13-14H,12H2,1H3,(H,22,23,27). The van der Waals surface area contributed by atoms with Crippen molar-refractivity contribution in [3.8, 4) is 0 Å². The van der Waals surface area contributed by atoms with E-state index in [0.29, 0.717) is 12.4 Å². The maximum atomic E-state index is 12.4. The molecule has 4 rings (SSSR count). The summed E-state index contributed by atoms with van der Waals surface area (Å²) in [5.74, 6) is 0.0437. The van der Waals surface area contributed by atoms with Crippen molar-refractivity contribution in [2.24, 2.45) is 0 Å². The fourth-order valence-corrected chi connectivity index (χ4v) is 3.11. The molecule has 0 saturated carbocycles. The van der Waals surface area contributed by atoms with Crippen LogP contribution in [0, 0.1) is 10.1 Å². The van der Waals surface area contributed by atoms with E-state index in [0.717, 1.165) is 22.5 Å². The Morgan fingerprint density at radius 1 is 1.21 bits per heavy atom. The molecular weight excluding hydrogens is 372 g/mol. The van der Waals surface area contributed by atoms with E-state index in [1.165, 1.54) is 10.9 Å². The quantitative estimate of drug-likeness (QED) is 0.401. The van der Waals surface area contributed by atoms with Gasteiger partial charge in [-0.25, -0.2) is 0 Å². The molecule has 0 aliphatic carbocycles. The van der Waals surface area contributed by atoms with Gasteiger partial charge in [0, 0.05) is 12.3 Å². The third-order valence-corrected chi connectivity index (χ3v) is 4.68. The molecule has 0 aliphatic heterocycles. The van der Waals surface area contributed by atoms with Crippen LogP contribution in [0.2, 0.25) is 0 Å². The Morgan fingerprint density at radius 3 is 2.79 bits per heavy atom. The summed E-state index contributed by atoms with van der Waals surface area (Å²) in [4.78, 5) is 22.7. The highest BCUT2D eigenvalue weighted by molar-refractivity contribution is 5.92. The third kappa shape index (κ3) is 3.84. The minimum Gasteiger partial charge on any atom is -0.307 e. The molecule has 1 N–H and O–H groups in total. The second-order valence-electron chi connectivity index (χ2n) is 6.64. The molecule has 29 heavy (non-hydrogen) atoms. The molecule has 9 heteroatoms. The molecule has 0 bridgehead atoms. The Labute approximate surface area is 165 Å². The molecule has 2 aromatic carbocycles. The van der Waals surface area contributed by atoms with Crippen molar-refractivity contribution in [2.75, 3.05) is 5.32 Å². The number of nitro groups is 1. The maximum Gasteiger partial charge on any atom is 0.307 e. The summed E-state index contributed by atoms with van der Waals surface area (Å²) in [5, 5.41) is 24.1. The Balaban J connectivity index is 1.46. The van der Waals surface area contributed by atoms with Crippen molar-refractivity contribution >= 4 is 28.2 Å². The normalized spacial score (nSPS) is 12.0. The highest BCUT2D eigenvalue weighted by atomic mass is 16.6. The van der Waals surface area contributed by atoms with Crippen molar-refractivity contribution in [1.82, 2.24) is 19.6 Å². The summed E-state index contributed by atoms with van der Waals surface area (Å²) >= 11 is 0. The summed E-state index contributed by atoms with van der Waals surface area (Å²) in [6.07, 6.45) is 4.13. The molecule has 1 atom stereocenters. The van der Waals surface area contributed by atoms with Crippen molar-refractivity contribution < 1.29 is 9.72 Å². The van der Waals surface area contributed by atoms with E-state index in [2.05, 4.69) is 39.8 Å². The lowest BCUT2D eigenvalue weighted by Crippen LogP contribution is -2.24. The van der Waals surface area contributed by atoms with Crippen LogP contribution in [0.3, 0.4) is 0 Å². The summed E-state index contributed by atoms with van der Waals surface area (Å²) in [6.45, 7) is 2.18. The Kier molecular flexibility index (Phi) is 4.78. The fraction of sp³-hybridized carbons (Fsp3) is 0.150. The topological polar surface area (TPSA) is 108 Å². The maximum absolute atomic E-state index is 12.4. The average Bonchev–Trinajstić information content (AvgIpc) is 3.37. The van der Waals surface area contributed by atoms with Gasteiger partial charge in [-0.3, -0.25) is 24.3 Å². The average molecular weight is 390 g/mol. The zero-order valence-corrected chi connectivity index (χ0v) is 15.6. The van der Waals surface area contributed by atoms with Crippen molar-refractivity contribution in [3.63, 3.8) is 0 Å². The molecule has 0 saturated heterocycles. The smallest absolute Gasteiger partial charge is 0.307 e. The lowest BCUT2D eigenvalue weighted by Gasteiger charge is -2.10. The number of amides is 1. The van der Waals surface area contributed by atoms with E-state index in [-0.39, 0.29) is 11.6 Å². The molecule has 2 aromatic heterocycles. The van der Waals surface area contributed by atoms with Crippen molar-refractivity contribution in [2.45, 2.75) is 19.5 Å². The van der Waals surface area contributed by atoms with E-state index < -0.39 is 11.0 Å². The Morgan fingerprint density at radius 2 is 2.00 bits per heavy atom. The van der Waals surface area contributed by atoms with Crippen LogP contribution in [-0.2, 0) is 11.3 Å². The third-order valence-electron chi connectivity index (χ3n) is 4.68. The molecule has 0 fully saturated rings. The highest BCUT2D eigenvalue weighted by Crippen LogP contribution is 2.20. The highest BCUT2D eigenvalue weighted by Gasteiger charge is 2.20. The molecule has 1 amide bonds. The molecule has 0 radical (unpaired) electrons. The van der Waals surface area contributed by atoms with Crippen LogP contribution in [0.15, 0.2) is 67.1 Å². The van der Waals surface area contributed by atoms with E-state index >= 15 is 0 Å². The van der Waals surface area contributed by atoms with Crippen LogP contribution >= 0.6 is 0 Å². The van der Waals surface area contributed by atoms with Gasteiger partial charge in [-0.2, -0.15) is 10.2 Å². The lowest BCUT2D eigenvalue weighted by molar-refractivity contribution is -0.385. The molecule has 4 aromatic rings. The van der Waals surface area contributed by atoms with E-state index in [1.807, 2.05) is 18.2 Å². The van der Waals surface area contributed by atoms with Crippen LogP contribution in [0.1, 0.15) is 18.5 Å². The van der Waals surface area contributed by atoms with Crippen LogP contribution in [0.4, 0.5) is 11.5 Å². The number of carbonyl (C=O) groups excluding carboxylic acids is 1. The first-order valence-electron chi connectivity index (χ1n) is 9.01. The van der Waals surface area contributed by atoms with Gasteiger partial charge in [0.1, 0.15) is 18.4 Å². The number of hydrogen-bond donors (Lipinski definition) is 1. The summed E-state index contributed by atoms with van der Waals surface area (Å²) in [6, 6.07) is 15.3. The molecular formula is C20H18N6O3. The summed E-state index contributed by atoms with van der Waals surface area (Å²) < 4.78 is 3.00. The second kappa shape index (κ2) is 7.55. The SMILES string of the molecule is CC(C(=O)Nc1ccn(Cc2cccc3ccccc23)n1)n1cc([N+](=O)[O-])cn1. The molecule has 0 aliphatic rings. The minimum absolute atomic E-state index is 0.163. The first-order valence-corrected chi connectivity index (χ1v) is 9.01. The molecule has 1 unspecified atom stereocenters. The summed E-state index contributed by atoms with van der Waals surface area (Å²) in [5.41, 5.74) is 0.963. The van der Waals surface area contributed by atoms with Crippen LogP contribution in [0.5, 0.6) is 0 Å². The van der Waals surface area contributed by atoms with E-state index in [4.69, 9.17) is 0 Å². The largest absolute Gasteiger partial charge is 0.307 e. The van der Waals surface area contributed by atoms with Gasteiger partial charge in [0.25, 0.3) is 0 Å². The fourth-order valence-electron chi connectivity index (χ4n) is 3.11. The van der Waals surface area contributed by atoms with Crippen LogP contribution < -0.4 is 5.32 Å². The number of fused-ring (bicyclic) bond motifs is 1. The second-order valence-corrected chi connectivity index (χ2v) is 6.64. The number of rotatable bonds is 6. The number of hydrogen-bond acceptors (Lipinski definition) is 5. The van der Waals surface area contributed by atoms with Gasteiger partial charge in [0.05, 0.1) is 11.5 Å².